The van der Waals surface area contributed by atoms with Crippen molar-refractivity contribution in [2.75, 3.05) is 49.8 Å². The van der Waals surface area contributed by atoms with Gasteiger partial charge in [-0.15, -0.1) is 0 Å². The first-order valence-corrected chi connectivity index (χ1v) is 17.3. The highest BCUT2D eigenvalue weighted by molar-refractivity contribution is 6.10. The van der Waals surface area contributed by atoms with Crippen molar-refractivity contribution >= 4 is 34.8 Å². The van der Waals surface area contributed by atoms with E-state index in [0.29, 0.717) is 60.9 Å². The average Bonchev–Trinajstić information content (AvgIpc) is 3.31. The Balaban J connectivity index is 1.42. The van der Waals surface area contributed by atoms with Crippen LogP contribution in [0.1, 0.15) is 49.8 Å². The quantitative estimate of drug-likeness (QED) is 0.132. The Labute approximate surface area is 293 Å². The van der Waals surface area contributed by atoms with Crippen molar-refractivity contribution in [1.82, 2.24) is 10.2 Å². The molecule has 0 fully saturated rings. The zero-order chi connectivity index (χ0) is 35.8. The molecule has 2 aliphatic rings. The van der Waals surface area contributed by atoms with Gasteiger partial charge in [0.15, 0.2) is 5.60 Å². The largest absolute Gasteiger partial charge is 0.494 e. The van der Waals surface area contributed by atoms with Crippen molar-refractivity contribution in [1.29, 1.82) is 0 Å². The molecule has 0 aromatic heterocycles. The van der Waals surface area contributed by atoms with Gasteiger partial charge in [-0.25, -0.2) is 0 Å². The predicted molar refractivity (Wildman–Crippen MR) is 192 cm³/mol. The summed E-state index contributed by atoms with van der Waals surface area (Å²) in [5, 5.41) is 34.3. The minimum Gasteiger partial charge on any atom is -0.494 e. The number of ether oxygens (including phenoxy) is 1. The van der Waals surface area contributed by atoms with E-state index in [-0.39, 0.29) is 38.0 Å². The number of fused-ring (bicyclic) bond motifs is 2. The van der Waals surface area contributed by atoms with Gasteiger partial charge in [-0.05, 0) is 80.3 Å². The van der Waals surface area contributed by atoms with Crippen molar-refractivity contribution in [2.24, 2.45) is 5.92 Å². The lowest BCUT2D eigenvalue weighted by atomic mass is 9.82. The standard InChI is InChI=1S/C39H48N4O7/c1-4-50-31-16-18-34-29(23-31)24-33(40-19-8-9-21-44)37(47)43(34)30-15-17-35-32(25-30)39(49,38(48)41(35)3)27(2)11-10-14-36(46)42(20-22-45)26-28-12-6-5-7-13-28/h5-7,10-13,15-18,23,25,27,33,40,44-45,49H,4,8-9,14,19-22,24,26H2,1-3H3/b11-10+/t27-,33?,39+/m0/s1. The van der Waals surface area contributed by atoms with Crippen LogP contribution in [0, 0.1) is 5.92 Å². The Kier molecular flexibility index (Phi) is 12.1. The highest BCUT2D eigenvalue weighted by atomic mass is 16.5. The number of unbranched alkanes of at least 4 members (excludes halogenated alkanes) is 1. The Bertz CT molecular complexity index is 1700. The smallest absolute Gasteiger partial charge is 0.264 e. The molecule has 4 N–H and O–H groups in total. The lowest BCUT2D eigenvalue weighted by molar-refractivity contribution is -0.139. The molecule has 0 saturated heterocycles. The fourth-order valence-corrected chi connectivity index (χ4v) is 6.76. The summed E-state index contributed by atoms with van der Waals surface area (Å²) in [6.45, 7) is 5.16. The number of rotatable bonds is 16. The monoisotopic (exact) mass is 684 g/mol. The summed E-state index contributed by atoms with van der Waals surface area (Å²) in [4.78, 5) is 45.6. The van der Waals surface area contributed by atoms with Crippen LogP contribution >= 0.6 is 0 Å². The van der Waals surface area contributed by atoms with E-state index in [0.717, 1.165) is 17.5 Å². The summed E-state index contributed by atoms with van der Waals surface area (Å²) in [6.07, 6.45) is 5.16. The summed E-state index contributed by atoms with van der Waals surface area (Å²) in [5.74, 6) is -0.879. The van der Waals surface area contributed by atoms with Crippen LogP contribution in [0.5, 0.6) is 5.75 Å². The molecule has 3 aromatic carbocycles. The normalized spacial score (nSPS) is 19.1. The number of benzene rings is 3. The number of likely N-dealkylation sites (N-methyl/N-ethyl adjacent to an activating group) is 1. The molecule has 3 amide bonds. The maximum Gasteiger partial charge on any atom is 0.264 e. The zero-order valence-electron chi connectivity index (χ0n) is 29.0. The molecular weight excluding hydrogens is 636 g/mol. The summed E-state index contributed by atoms with van der Waals surface area (Å²) in [5.41, 5.74) is 2.03. The van der Waals surface area contributed by atoms with Gasteiger partial charge in [0.05, 0.1) is 30.6 Å². The number of amides is 3. The number of aliphatic hydroxyl groups excluding tert-OH is 2. The summed E-state index contributed by atoms with van der Waals surface area (Å²) < 4.78 is 5.76. The second-order valence-electron chi connectivity index (χ2n) is 12.8. The highest BCUT2D eigenvalue weighted by Crippen LogP contribution is 2.47. The van der Waals surface area contributed by atoms with Gasteiger partial charge in [-0.2, -0.15) is 0 Å². The Morgan fingerprint density at radius 2 is 1.82 bits per heavy atom. The van der Waals surface area contributed by atoms with E-state index >= 15 is 0 Å². The molecule has 0 bridgehead atoms. The maximum atomic E-state index is 14.1. The van der Waals surface area contributed by atoms with Crippen LogP contribution in [0.4, 0.5) is 17.1 Å². The molecule has 50 heavy (non-hydrogen) atoms. The molecule has 1 unspecified atom stereocenters. The topological polar surface area (TPSA) is 143 Å². The van der Waals surface area contributed by atoms with Gasteiger partial charge in [0.2, 0.25) is 11.8 Å². The van der Waals surface area contributed by atoms with Gasteiger partial charge < -0.3 is 35.2 Å². The molecule has 2 heterocycles. The first-order valence-electron chi connectivity index (χ1n) is 17.3. The molecule has 11 heteroatoms. The van der Waals surface area contributed by atoms with Crippen LogP contribution in [-0.2, 0) is 33.0 Å². The average molecular weight is 685 g/mol. The van der Waals surface area contributed by atoms with Gasteiger partial charge in [0.1, 0.15) is 5.75 Å². The van der Waals surface area contributed by atoms with E-state index in [4.69, 9.17) is 4.74 Å². The SMILES string of the molecule is CCOc1ccc2c(c1)CC(NCCCCO)C(=O)N2c1ccc2c(c1)[C@](O)([C@@H](C)/C=C/CC(=O)N(CCO)Cc1ccccc1)C(=O)N2C. The summed E-state index contributed by atoms with van der Waals surface area (Å²) in [6, 6.07) is 19.9. The Hall–Kier alpha value is -4.55. The second kappa shape index (κ2) is 16.4. The van der Waals surface area contributed by atoms with E-state index in [1.54, 1.807) is 54.1 Å². The fraction of sp³-hybridized carbons (Fsp3) is 0.410. The van der Waals surface area contributed by atoms with E-state index in [9.17, 15) is 29.7 Å². The molecule has 0 aliphatic carbocycles. The van der Waals surface area contributed by atoms with Crippen molar-refractivity contribution < 1.29 is 34.4 Å². The third-order valence-corrected chi connectivity index (χ3v) is 9.48. The molecule has 3 aromatic rings. The molecule has 266 valence electrons. The molecule has 5 rings (SSSR count). The summed E-state index contributed by atoms with van der Waals surface area (Å²) in [7, 11) is 1.61. The first-order chi connectivity index (χ1) is 24.1. The van der Waals surface area contributed by atoms with Crippen LogP contribution in [0.25, 0.3) is 0 Å². The minimum absolute atomic E-state index is 0.0275. The molecular formula is C39H48N4O7. The van der Waals surface area contributed by atoms with E-state index in [1.807, 2.05) is 55.5 Å². The Morgan fingerprint density at radius 3 is 2.54 bits per heavy atom. The number of aliphatic hydroxyl groups is 3. The van der Waals surface area contributed by atoms with Gasteiger partial charge in [0.25, 0.3) is 5.91 Å². The Morgan fingerprint density at radius 1 is 1.06 bits per heavy atom. The van der Waals surface area contributed by atoms with Crippen LogP contribution in [-0.4, -0.2) is 83.9 Å². The molecule has 2 aliphatic heterocycles. The van der Waals surface area contributed by atoms with Gasteiger partial charge in [-0.3, -0.25) is 19.3 Å². The van der Waals surface area contributed by atoms with Crippen molar-refractivity contribution in [3.63, 3.8) is 0 Å². The maximum absolute atomic E-state index is 14.1. The zero-order valence-corrected chi connectivity index (χ0v) is 29.0. The second-order valence-corrected chi connectivity index (χ2v) is 12.8. The predicted octanol–water partition coefficient (Wildman–Crippen LogP) is 3.80. The third-order valence-electron chi connectivity index (χ3n) is 9.48. The van der Waals surface area contributed by atoms with E-state index in [1.165, 1.54) is 4.90 Å². The molecule has 0 radical (unpaired) electrons. The molecule has 3 atom stereocenters. The van der Waals surface area contributed by atoms with Crippen LogP contribution in [0.15, 0.2) is 78.9 Å². The number of hydrogen-bond donors (Lipinski definition) is 4. The van der Waals surface area contributed by atoms with Crippen LogP contribution in [0.3, 0.4) is 0 Å². The lowest BCUT2D eigenvalue weighted by Crippen LogP contribution is -2.49. The highest BCUT2D eigenvalue weighted by Gasteiger charge is 2.52. The number of carbonyl (C=O) groups is 3. The summed E-state index contributed by atoms with van der Waals surface area (Å²) >= 11 is 0. The molecule has 0 saturated carbocycles. The van der Waals surface area contributed by atoms with Gasteiger partial charge >= 0.3 is 0 Å². The van der Waals surface area contributed by atoms with E-state index in [2.05, 4.69) is 5.32 Å². The van der Waals surface area contributed by atoms with Crippen LogP contribution < -0.4 is 19.9 Å². The van der Waals surface area contributed by atoms with Gasteiger partial charge in [0, 0.05) is 50.3 Å². The number of hydrogen-bond acceptors (Lipinski definition) is 8. The molecule has 11 nitrogen and oxygen atoms in total. The van der Waals surface area contributed by atoms with Crippen molar-refractivity contribution in [2.45, 2.75) is 57.7 Å². The fourth-order valence-electron chi connectivity index (χ4n) is 6.76. The number of carbonyl (C=O) groups excluding carboxylic acids is 3. The third kappa shape index (κ3) is 7.61. The lowest BCUT2D eigenvalue weighted by Gasteiger charge is -2.35. The van der Waals surface area contributed by atoms with E-state index < -0.39 is 23.5 Å². The number of nitrogens with one attached hydrogen (secondary N) is 1. The molecule has 0 spiro atoms. The van der Waals surface area contributed by atoms with Gasteiger partial charge in [-0.1, -0.05) is 49.4 Å². The minimum atomic E-state index is -1.95. The number of nitrogens with zero attached hydrogens (tertiary/aromatic N) is 3. The van der Waals surface area contributed by atoms with Crippen molar-refractivity contribution in [3.8, 4) is 5.75 Å². The first kappa shape index (κ1) is 36.7. The number of anilines is 3. The van der Waals surface area contributed by atoms with Crippen molar-refractivity contribution in [3.05, 3.63) is 95.6 Å². The van der Waals surface area contributed by atoms with Crippen LogP contribution in [0.2, 0.25) is 0 Å².